The van der Waals surface area contributed by atoms with E-state index in [2.05, 4.69) is 20.8 Å². The average Bonchev–Trinajstić information content (AvgIpc) is 1.61. The highest BCUT2D eigenvalue weighted by molar-refractivity contribution is 4.53. The molecule has 2 radical (unpaired) electrons. The van der Waals surface area contributed by atoms with Crippen LogP contribution in [-0.2, 0) is 0 Å². The third-order valence-corrected chi connectivity index (χ3v) is 0.947. The van der Waals surface area contributed by atoms with E-state index in [1.54, 1.807) is 0 Å². The minimum absolute atomic E-state index is 0.613. The van der Waals surface area contributed by atoms with Crippen molar-refractivity contribution in [1.29, 1.82) is 0 Å². The molecule has 7 heavy (non-hydrogen) atoms. The first-order valence-electron chi connectivity index (χ1n) is 2.89. The van der Waals surface area contributed by atoms with Crippen molar-refractivity contribution < 1.29 is 0 Å². The zero-order valence-electron chi connectivity index (χ0n) is 5.11. The van der Waals surface area contributed by atoms with Crippen LogP contribution in [0.3, 0.4) is 0 Å². The van der Waals surface area contributed by atoms with Crippen molar-refractivity contribution in [2.45, 2.75) is 26.2 Å². The van der Waals surface area contributed by atoms with E-state index in [1.165, 1.54) is 12.8 Å². The summed E-state index contributed by atoms with van der Waals surface area (Å²) < 4.78 is 0. The molecule has 0 heterocycles. The van der Waals surface area contributed by atoms with Gasteiger partial charge in [-0.25, -0.2) is 0 Å². The van der Waals surface area contributed by atoms with E-state index in [1.807, 2.05) is 0 Å². The average molecular weight is 98.2 g/mol. The number of hydrogen-bond donors (Lipinski definition) is 0. The van der Waals surface area contributed by atoms with E-state index >= 15 is 0 Å². The molecule has 0 amide bonds. The molecule has 0 aromatic rings. The number of unbranched alkanes of at least 4 members (excludes halogenated alkanes) is 1. The molecule has 0 N–H and O–H groups in total. The van der Waals surface area contributed by atoms with Crippen molar-refractivity contribution in [3.05, 3.63) is 13.8 Å². The van der Waals surface area contributed by atoms with Gasteiger partial charge in [0.15, 0.2) is 0 Å². The predicted molar refractivity (Wildman–Crippen MR) is 33.7 cm³/mol. The summed E-state index contributed by atoms with van der Waals surface area (Å²) in [6.45, 7) is 9.71. The standard InChI is InChI=1S/C7H14/c1-4-5-6-7(2)3/h7H,1-2,4-6H2,3H3. The van der Waals surface area contributed by atoms with E-state index in [9.17, 15) is 0 Å². The highest BCUT2D eigenvalue weighted by atomic mass is 13.9. The topological polar surface area (TPSA) is 0 Å². The van der Waals surface area contributed by atoms with Gasteiger partial charge in [0.1, 0.15) is 0 Å². The summed E-state index contributed by atoms with van der Waals surface area (Å²) in [4.78, 5) is 0. The van der Waals surface area contributed by atoms with Crippen molar-refractivity contribution >= 4 is 0 Å². The van der Waals surface area contributed by atoms with Crippen LogP contribution in [0.5, 0.6) is 0 Å². The Hall–Kier alpha value is 0. The van der Waals surface area contributed by atoms with E-state index < -0.39 is 0 Å². The molecule has 0 aliphatic rings. The largest absolute Gasteiger partial charge is 0.0625 e. The molecule has 0 aromatic heterocycles. The van der Waals surface area contributed by atoms with Gasteiger partial charge in [-0.3, -0.25) is 0 Å². The summed E-state index contributed by atoms with van der Waals surface area (Å²) in [6.07, 6.45) is 3.51. The molecular weight excluding hydrogens is 84.1 g/mol. The van der Waals surface area contributed by atoms with Gasteiger partial charge in [0.2, 0.25) is 0 Å². The second-order valence-electron chi connectivity index (χ2n) is 2.10. The van der Waals surface area contributed by atoms with Gasteiger partial charge >= 0.3 is 0 Å². The summed E-state index contributed by atoms with van der Waals surface area (Å²) >= 11 is 0. The van der Waals surface area contributed by atoms with Crippen LogP contribution >= 0.6 is 0 Å². The SMILES string of the molecule is [CH2]CCCC([CH2])C. The molecule has 0 bridgehead atoms. The van der Waals surface area contributed by atoms with Gasteiger partial charge in [-0.1, -0.05) is 40.0 Å². The lowest BCUT2D eigenvalue weighted by Gasteiger charge is -1.98. The zero-order chi connectivity index (χ0) is 5.70. The van der Waals surface area contributed by atoms with Crippen molar-refractivity contribution in [2.75, 3.05) is 0 Å². The maximum absolute atomic E-state index is 3.85. The lowest BCUT2D eigenvalue weighted by Crippen LogP contribution is -1.84. The summed E-state index contributed by atoms with van der Waals surface area (Å²) in [6, 6.07) is 0. The van der Waals surface area contributed by atoms with Crippen LogP contribution in [0.2, 0.25) is 0 Å². The summed E-state index contributed by atoms with van der Waals surface area (Å²) in [7, 11) is 0. The highest BCUT2D eigenvalue weighted by Gasteiger charge is 1.88. The van der Waals surface area contributed by atoms with Gasteiger partial charge in [0.25, 0.3) is 0 Å². The van der Waals surface area contributed by atoms with Gasteiger partial charge in [-0.05, 0) is 5.92 Å². The van der Waals surface area contributed by atoms with Crippen molar-refractivity contribution in [2.24, 2.45) is 5.92 Å². The lowest BCUT2D eigenvalue weighted by molar-refractivity contribution is 0.608. The van der Waals surface area contributed by atoms with Crippen LogP contribution in [0.15, 0.2) is 0 Å². The first-order chi connectivity index (χ1) is 3.27. The van der Waals surface area contributed by atoms with Crippen molar-refractivity contribution in [1.82, 2.24) is 0 Å². The quantitative estimate of drug-likeness (QED) is 0.508. The second kappa shape index (κ2) is 4.17. The summed E-state index contributed by atoms with van der Waals surface area (Å²) in [5.41, 5.74) is 0. The summed E-state index contributed by atoms with van der Waals surface area (Å²) in [5, 5.41) is 0. The molecule has 0 saturated carbocycles. The fraction of sp³-hybridized carbons (Fsp3) is 0.714. The lowest BCUT2D eigenvalue weighted by atomic mass is 10.1. The van der Waals surface area contributed by atoms with Crippen molar-refractivity contribution in [3.63, 3.8) is 0 Å². The van der Waals surface area contributed by atoms with Gasteiger partial charge in [0.05, 0.1) is 0 Å². The Bertz CT molecular complexity index is 29.0. The normalized spacial score (nSPS) is 10.3. The Labute approximate surface area is 46.9 Å². The minimum Gasteiger partial charge on any atom is -0.0625 e. The first-order valence-corrected chi connectivity index (χ1v) is 2.89. The van der Waals surface area contributed by atoms with E-state index in [-0.39, 0.29) is 0 Å². The minimum atomic E-state index is 0.613. The Morgan fingerprint density at radius 3 is 2.29 bits per heavy atom. The molecule has 0 aliphatic carbocycles. The third-order valence-electron chi connectivity index (χ3n) is 0.947. The number of hydrogen-bond acceptors (Lipinski definition) is 0. The van der Waals surface area contributed by atoms with Gasteiger partial charge in [-0.15, -0.1) is 0 Å². The van der Waals surface area contributed by atoms with Crippen LogP contribution < -0.4 is 0 Å². The maximum atomic E-state index is 3.85. The molecule has 0 rings (SSSR count). The molecule has 0 nitrogen and oxygen atoms in total. The molecule has 0 aromatic carbocycles. The van der Waals surface area contributed by atoms with Crippen LogP contribution in [-0.4, -0.2) is 0 Å². The third kappa shape index (κ3) is 6.00. The molecule has 0 saturated heterocycles. The monoisotopic (exact) mass is 98.1 g/mol. The van der Waals surface area contributed by atoms with Crippen molar-refractivity contribution in [3.8, 4) is 0 Å². The second-order valence-corrected chi connectivity index (χ2v) is 2.10. The van der Waals surface area contributed by atoms with Crippen LogP contribution in [0.1, 0.15) is 26.2 Å². The van der Waals surface area contributed by atoms with Gasteiger partial charge < -0.3 is 0 Å². The highest BCUT2D eigenvalue weighted by Crippen LogP contribution is 2.03. The Balaban J connectivity index is 2.68. The summed E-state index contributed by atoms with van der Waals surface area (Å²) in [5.74, 6) is 0.613. The smallest absolute Gasteiger partial charge is 0.0443 e. The van der Waals surface area contributed by atoms with Crippen LogP contribution in [0, 0.1) is 19.8 Å². The predicted octanol–water partition coefficient (Wildman–Crippen LogP) is 2.46. The van der Waals surface area contributed by atoms with Gasteiger partial charge in [0, 0.05) is 0 Å². The Morgan fingerprint density at radius 1 is 1.57 bits per heavy atom. The maximum Gasteiger partial charge on any atom is -0.0443 e. The number of rotatable bonds is 3. The van der Waals surface area contributed by atoms with E-state index in [0.717, 1.165) is 6.42 Å². The fourth-order valence-corrected chi connectivity index (χ4v) is 0.493. The Kier molecular flexibility index (Phi) is 4.17. The zero-order valence-corrected chi connectivity index (χ0v) is 5.11. The van der Waals surface area contributed by atoms with E-state index in [0.29, 0.717) is 5.92 Å². The molecule has 0 fully saturated rings. The molecule has 0 aliphatic heterocycles. The Morgan fingerprint density at radius 2 is 2.14 bits per heavy atom. The van der Waals surface area contributed by atoms with E-state index in [4.69, 9.17) is 0 Å². The molecule has 0 spiro atoms. The van der Waals surface area contributed by atoms with Crippen LogP contribution in [0.4, 0.5) is 0 Å². The van der Waals surface area contributed by atoms with Crippen LogP contribution in [0.25, 0.3) is 0 Å². The fourth-order valence-electron chi connectivity index (χ4n) is 0.493. The molecule has 0 heteroatoms. The van der Waals surface area contributed by atoms with Gasteiger partial charge in [-0.2, -0.15) is 0 Å². The molecular formula is C7H14. The molecule has 1 atom stereocenters. The molecule has 1 unspecified atom stereocenters. The molecule has 42 valence electrons. The first kappa shape index (κ1) is 7.00.